The highest BCUT2D eigenvalue weighted by Gasteiger charge is 2.16. The normalized spacial score (nSPS) is 13.0. The third kappa shape index (κ3) is 5.44. The van der Waals surface area contributed by atoms with E-state index in [2.05, 4.69) is 29.8 Å². The molecule has 0 radical (unpaired) electrons. The van der Waals surface area contributed by atoms with Gasteiger partial charge >= 0.3 is 0 Å². The lowest BCUT2D eigenvalue weighted by Crippen LogP contribution is -2.36. The molecular weight excluding hydrogens is 316 g/mol. The van der Waals surface area contributed by atoms with Gasteiger partial charge in [0.05, 0.1) is 0 Å². The molecule has 0 saturated heterocycles. The van der Waals surface area contributed by atoms with Gasteiger partial charge in [-0.15, -0.1) is 23.7 Å². The highest BCUT2D eigenvalue weighted by Crippen LogP contribution is 2.15. The van der Waals surface area contributed by atoms with E-state index in [4.69, 9.17) is 5.73 Å². The van der Waals surface area contributed by atoms with Gasteiger partial charge in [-0.2, -0.15) is 0 Å². The van der Waals surface area contributed by atoms with Crippen LogP contribution in [0.15, 0.2) is 41.8 Å². The molecule has 2 aromatic rings. The van der Waals surface area contributed by atoms with Crippen molar-refractivity contribution in [2.75, 3.05) is 6.54 Å². The molecule has 0 aliphatic heterocycles. The van der Waals surface area contributed by atoms with Gasteiger partial charge in [-0.25, -0.2) is 0 Å². The summed E-state index contributed by atoms with van der Waals surface area (Å²) < 4.78 is 0. The van der Waals surface area contributed by atoms with Crippen LogP contribution in [-0.4, -0.2) is 12.5 Å². The Hall–Kier alpha value is -1.36. The first-order chi connectivity index (χ1) is 10.1. The molecule has 5 heteroatoms. The first kappa shape index (κ1) is 18.7. The fraction of sp³-hybridized carbons (Fsp3) is 0.353. The van der Waals surface area contributed by atoms with Gasteiger partial charge < -0.3 is 11.1 Å². The van der Waals surface area contributed by atoms with Crippen molar-refractivity contribution in [3.05, 3.63) is 57.8 Å². The molecule has 2 unspecified atom stereocenters. The largest absolute Gasteiger partial charge is 0.354 e. The van der Waals surface area contributed by atoms with Crippen LogP contribution in [0.4, 0.5) is 0 Å². The number of nitrogens with one attached hydrogen (secondary N) is 1. The average Bonchev–Trinajstić information content (AvgIpc) is 2.97. The lowest BCUT2D eigenvalue weighted by atomic mass is 10.0. The summed E-state index contributed by atoms with van der Waals surface area (Å²) in [5.74, 6) is 0.287. The molecule has 1 amide bonds. The van der Waals surface area contributed by atoms with E-state index >= 15 is 0 Å². The second-order valence-corrected chi connectivity index (χ2v) is 6.55. The van der Waals surface area contributed by atoms with Crippen LogP contribution in [0.5, 0.6) is 0 Å². The Morgan fingerprint density at radius 2 is 1.95 bits per heavy atom. The van der Waals surface area contributed by atoms with Gasteiger partial charge in [-0.3, -0.25) is 4.79 Å². The number of rotatable bonds is 6. The summed E-state index contributed by atoms with van der Waals surface area (Å²) in [7, 11) is 0. The number of hydrogen-bond donors (Lipinski definition) is 2. The fourth-order valence-corrected chi connectivity index (χ4v) is 3.02. The first-order valence-electron chi connectivity index (χ1n) is 7.18. The molecule has 0 spiro atoms. The minimum Gasteiger partial charge on any atom is -0.354 e. The molecule has 1 heterocycles. The van der Waals surface area contributed by atoms with Gasteiger partial charge in [0.15, 0.2) is 0 Å². The Labute approximate surface area is 142 Å². The lowest BCUT2D eigenvalue weighted by molar-refractivity contribution is -0.122. The minimum atomic E-state index is -0.598. The summed E-state index contributed by atoms with van der Waals surface area (Å²) in [6, 6.07) is 11.4. The second kappa shape index (κ2) is 8.93. The van der Waals surface area contributed by atoms with Crippen molar-refractivity contribution < 1.29 is 4.79 Å². The van der Waals surface area contributed by atoms with Crippen LogP contribution in [-0.2, 0) is 11.2 Å². The van der Waals surface area contributed by atoms with Crippen LogP contribution in [0.1, 0.15) is 29.0 Å². The van der Waals surface area contributed by atoms with Crippen LogP contribution in [0.3, 0.4) is 0 Å². The number of carbonyl (C=O) groups is 1. The third-order valence-electron chi connectivity index (χ3n) is 3.47. The van der Waals surface area contributed by atoms with Crippen molar-refractivity contribution in [3.63, 3.8) is 0 Å². The van der Waals surface area contributed by atoms with Gasteiger partial charge in [-0.05, 0) is 36.3 Å². The predicted molar refractivity (Wildman–Crippen MR) is 95.6 cm³/mol. The molecule has 1 aromatic carbocycles. The number of hydrogen-bond acceptors (Lipinski definition) is 3. The molecule has 0 fully saturated rings. The molecule has 2 rings (SSSR count). The van der Waals surface area contributed by atoms with Crippen LogP contribution in [0, 0.1) is 12.8 Å². The van der Waals surface area contributed by atoms with E-state index in [1.165, 1.54) is 4.88 Å². The van der Waals surface area contributed by atoms with Crippen molar-refractivity contribution in [2.45, 2.75) is 26.3 Å². The number of aryl methyl sites for hydroxylation is 1. The zero-order chi connectivity index (χ0) is 15.2. The second-order valence-electron chi connectivity index (χ2n) is 5.52. The van der Waals surface area contributed by atoms with E-state index in [0.29, 0.717) is 12.5 Å². The van der Waals surface area contributed by atoms with Crippen molar-refractivity contribution in [1.29, 1.82) is 0 Å². The minimum absolute atomic E-state index is 0. The summed E-state index contributed by atoms with van der Waals surface area (Å²) in [5.41, 5.74) is 8.01. The smallest absolute Gasteiger partial charge is 0.241 e. The zero-order valence-corrected chi connectivity index (χ0v) is 14.5. The van der Waals surface area contributed by atoms with Gasteiger partial charge in [0, 0.05) is 11.4 Å². The summed E-state index contributed by atoms with van der Waals surface area (Å²) in [6.07, 6.45) is 0.984. The Bertz CT molecular complexity index is 569. The van der Waals surface area contributed by atoms with Crippen molar-refractivity contribution in [3.8, 4) is 0 Å². The molecule has 3 nitrogen and oxygen atoms in total. The topological polar surface area (TPSA) is 55.1 Å². The Morgan fingerprint density at radius 3 is 2.55 bits per heavy atom. The zero-order valence-electron chi connectivity index (χ0n) is 12.9. The van der Waals surface area contributed by atoms with Crippen LogP contribution >= 0.6 is 23.7 Å². The lowest BCUT2D eigenvalue weighted by Gasteiger charge is -2.16. The highest BCUT2D eigenvalue weighted by molar-refractivity contribution is 7.09. The SMILES string of the molecule is Cc1ccc(C(N)C(=O)NCC(C)Cc2cccs2)cc1.Cl. The van der Waals surface area contributed by atoms with E-state index < -0.39 is 6.04 Å². The molecule has 0 bridgehead atoms. The maximum Gasteiger partial charge on any atom is 0.241 e. The monoisotopic (exact) mass is 338 g/mol. The molecule has 0 aliphatic rings. The van der Waals surface area contributed by atoms with E-state index in [1.54, 1.807) is 11.3 Å². The molecule has 1 aromatic heterocycles. The summed E-state index contributed by atoms with van der Waals surface area (Å²) in [4.78, 5) is 13.4. The molecule has 120 valence electrons. The Kier molecular flexibility index (Phi) is 7.59. The number of nitrogens with two attached hydrogens (primary N) is 1. The van der Waals surface area contributed by atoms with Gasteiger partial charge in [-0.1, -0.05) is 42.8 Å². The number of amides is 1. The molecule has 0 aliphatic carbocycles. The standard InChI is InChI=1S/C17H22N2OS.ClH/c1-12-5-7-14(8-6-12)16(18)17(20)19-11-13(2)10-15-4-3-9-21-15;/h3-9,13,16H,10-11,18H2,1-2H3,(H,19,20);1H. The third-order valence-corrected chi connectivity index (χ3v) is 4.37. The van der Waals surface area contributed by atoms with Gasteiger partial charge in [0.25, 0.3) is 0 Å². The highest BCUT2D eigenvalue weighted by atomic mass is 35.5. The Balaban J connectivity index is 0.00000242. The van der Waals surface area contributed by atoms with Gasteiger partial charge in [0.2, 0.25) is 5.91 Å². The summed E-state index contributed by atoms with van der Waals surface area (Å²) >= 11 is 1.75. The Morgan fingerprint density at radius 1 is 1.27 bits per heavy atom. The predicted octanol–water partition coefficient (Wildman–Crippen LogP) is 3.47. The molecule has 3 N–H and O–H groups in total. The van der Waals surface area contributed by atoms with Crippen molar-refractivity contribution in [1.82, 2.24) is 5.32 Å². The molecule has 22 heavy (non-hydrogen) atoms. The van der Waals surface area contributed by atoms with Crippen LogP contribution < -0.4 is 11.1 Å². The molecule has 2 atom stereocenters. The summed E-state index contributed by atoms with van der Waals surface area (Å²) in [5, 5.41) is 5.03. The maximum atomic E-state index is 12.1. The average molecular weight is 339 g/mol. The van der Waals surface area contributed by atoms with Crippen LogP contribution in [0.25, 0.3) is 0 Å². The fourth-order valence-electron chi connectivity index (χ4n) is 2.15. The van der Waals surface area contributed by atoms with Gasteiger partial charge in [0.1, 0.15) is 6.04 Å². The van der Waals surface area contributed by atoms with Crippen molar-refractivity contribution >= 4 is 29.7 Å². The van der Waals surface area contributed by atoms with E-state index in [9.17, 15) is 4.79 Å². The molecular formula is C17H23ClN2OS. The summed E-state index contributed by atoms with van der Waals surface area (Å²) in [6.45, 7) is 4.80. The maximum absolute atomic E-state index is 12.1. The quantitative estimate of drug-likeness (QED) is 0.847. The van der Waals surface area contributed by atoms with E-state index in [0.717, 1.165) is 17.5 Å². The van der Waals surface area contributed by atoms with E-state index in [1.807, 2.05) is 31.2 Å². The van der Waals surface area contributed by atoms with Crippen molar-refractivity contribution in [2.24, 2.45) is 11.7 Å². The van der Waals surface area contributed by atoms with E-state index in [-0.39, 0.29) is 18.3 Å². The number of thiophene rings is 1. The number of carbonyl (C=O) groups excluding carboxylic acids is 1. The van der Waals surface area contributed by atoms with Crippen LogP contribution in [0.2, 0.25) is 0 Å². The molecule has 0 saturated carbocycles. The number of benzene rings is 1. The first-order valence-corrected chi connectivity index (χ1v) is 8.06. The number of halogens is 1.